The minimum atomic E-state index is 0.254. The molecule has 5 unspecified atom stereocenters. The van der Waals surface area contributed by atoms with Crippen molar-refractivity contribution in [2.24, 2.45) is 23.7 Å². The molecule has 336 valence electrons. The van der Waals surface area contributed by atoms with E-state index in [0.717, 1.165) is 57.8 Å². The first-order valence-electron chi connectivity index (χ1n) is 25.5. The molecule has 0 spiro atoms. The van der Waals surface area contributed by atoms with Crippen LogP contribution in [0.4, 0.5) is 11.4 Å². The summed E-state index contributed by atoms with van der Waals surface area (Å²) < 4.78 is 2.50. The van der Waals surface area contributed by atoms with E-state index in [2.05, 4.69) is 210 Å². The van der Waals surface area contributed by atoms with Gasteiger partial charge >= 0.3 is 0 Å². The molecule has 8 aliphatic rings. The number of nitrogens with zero attached hydrogens (tertiary/aromatic N) is 4. The third-order valence-electron chi connectivity index (χ3n) is 15.7. The Hall–Kier alpha value is -6.52. The first-order chi connectivity index (χ1) is 33.0. The Bertz CT molecular complexity index is 3060. The van der Waals surface area contributed by atoms with Crippen LogP contribution in [0.5, 0.6) is 0 Å². The number of para-hydroxylation sites is 1. The molecule has 0 radical (unpaired) electrons. The number of aromatic nitrogens is 1. The highest BCUT2D eigenvalue weighted by molar-refractivity contribution is 6.11. The van der Waals surface area contributed by atoms with Gasteiger partial charge in [0.25, 0.3) is 0 Å². The lowest BCUT2D eigenvalue weighted by molar-refractivity contribution is 0.302. The summed E-state index contributed by atoms with van der Waals surface area (Å²) in [5.74, 6) is 1.96. The monoisotopic (exact) mass is 877 g/mol. The van der Waals surface area contributed by atoms with Crippen molar-refractivity contribution in [1.82, 2.24) is 14.4 Å². The fourth-order valence-electron chi connectivity index (χ4n) is 12.4. The molecule has 0 amide bonds. The van der Waals surface area contributed by atoms with Crippen molar-refractivity contribution in [2.75, 3.05) is 4.90 Å². The lowest BCUT2D eigenvalue weighted by Gasteiger charge is -2.41. The van der Waals surface area contributed by atoms with Gasteiger partial charge in [-0.3, -0.25) is 0 Å². The normalized spacial score (nSPS) is 25.6. The number of benzene rings is 3. The molecular weight excluding hydrogens is 813 g/mol. The van der Waals surface area contributed by atoms with E-state index in [9.17, 15) is 0 Å². The summed E-state index contributed by atoms with van der Waals surface area (Å²) in [6.45, 7) is 7.13. The molecule has 1 aromatic heterocycles. The predicted molar refractivity (Wildman–Crippen MR) is 283 cm³/mol. The van der Waals surface area contributed by atoms with Crippen LogP contribution in [-0.2, 0) is 0 Å². The highest BCUT2D eigenvalue weighted by Crippen LogP contribution is 2.51. The molecule has 0 fully saturated rings. The first kappa shape index (κ1) is 41.9. The van der Waals surface area contributed by atoms with Gasteiger partial charge in [-0.1, -0.05) is 124 Å². The van der Waals surface area contributed by atoms with Crippen molar-refractivity contribution in [3.63, 3.8) is 0 Å². The van der Waals surface area contributed by atoms with Crippen LogP contribution in [0, 0.1) is 23.7 Å². The van der Waals surface area contributed by atoms with Gasteiger partial charge in [-0.25, -0.2) is 0 Å². The molecule has 0 saturated carbocycles. The van der Waals surface area contributed by atoms with Gasteiger partial charge in [-0.05, 0) is 165 Å². The summed E-state index contributed by atoms with van der Waals surface area (Å²) in [4.78, 5) is 7.89. The van der Waals surface area contributed by atoms with E-state index in [-0.39, 0.29) is 6.04 Å². The molecule has 4 aromatic rings. The van der Waals surface area contributed by atoms with Crippen LogP contribution in [0.25, 0.3) is 33.1 Å². The lowest BCUT2D eigenvalue weighted by Crippen LogP contribution is -2.37. The van der Waals surface area contributed by atoms with Gasteiger partial charge in [-0.2, -0.15) is 0 Å². The fraction of sp³-hybridized carbons (Fsp3) is 0.302. The van der Waals surface area contributed by atoms with Crippen molar-refractivity contribution >= 4 is 44.5 Å². The maximum Gasteiger partial charge on any atom is 0.0554 e. The van der Waals surface area contributed by atoms with E-state index in [0.29, 0.717) is 23.7 Å². The van der Waals surface area contributed by atoms with Gasteiger partial charge in [0.05, 0.1) is 17.1 Å². The van der Waals surface area contributed by atoms with Crippen LogP contribution in [0.2, 0.25) is 0 Å². The Balaban J connectivity index is 0.847. The van der Waals surface area contributed by atoms with Crippen LogP contribution >= 0.6 is 0 Å². The number of hydrogen-bond donors (Lipinski definition) is 0. The Morgan fingerprint density at radius 1 is 0.657 bits per heavy atom. The Labute approximate surface area is 398 Å². The van der Waals surface area contributed by atoms with Crippen LogP contribution in [0.15, 0.2) is 210 Å². The summed E-state index contributed by atoms with van der Waals surface area (Å²) in [6.07, 6.45) is 52.8. The average Bonchev–Trinajstić information content (AvgIpc) is 3.88. The Morgan fingerprint density at radius 3 is 2.33 bits per heavy atom. The standard InChI is InChI=1S/C63H64N4/c1-43-15-13-20-51(39-43)64(53-35-37-62-57(41-53)55-22-8-11-25-60(55)66(62)48-18-5-4-6-19-48)49-31-27-46(28-32-49)47-29-33-50(34-30-47)65(59-24-10-7-17-45(59)3)54-36-38-63-58(42-54)56-23-9-12-26-61(56)67(63)52-21-14-16-44(2)40-52/h4-5,7-11,14,18,21-25,27-33,35-41,43-45,50,58H,6,12-13,15-17,19-20,26,34,42H2,1-3H3. The molecule has 12 rings (SSSR count). The van der Waals surface area contributed by atoms with Gasteiger partial charge in [-0.15, -0.1) is 0 Å². The van der Waals surface area contributed by atoms with Gasteiger partial charge < -0.3 is 19.3 Å². The second kappa shape index (κ2) is 17.6. The van der Waals surface area contributed by atoms with E-state index in [4.69, 9.17) is 0 Å². The molecule has 2 heterocycles. The van der Waals surface area contributed by atoms with Gasteiger partial charge in [0.1, 0.15) is 0 Å². The third-order valence-corrected chi connectivity index (χ3v) is 15.7. The first-order valence-corrected chi connectivity index (χ1v) is 25.5. The van der Waals surface area contributed by atoms with E-state index < -0.39 is 0 Å². The number of anilines is 2. The van der Waals surface area contributed by atoms with Crippen molar-refractivity contribution in [3.05, 3.63) is 215 Å². The summed E-state index contributed by atoms with van der Waals surface area (Å²) in [6, 6.07) is 25.8. The van der Waals surface area contributed by atoms with Gasteiger partial charge in [0, 0.05) is 74.4 Å². The summed E-state index contributed by atoms with van der Waals surface area (Å²) in [5, 5.41) is 2.63. The van der Waals surface area contributed by atoms with Crippen molar-refractivity contribution in [1.29, 1.82) is 0 Å². The minimum Gasteiger partial charge on any atom is -0.341 e. The SMILES string of the molecule is CC1C=C(N2C3=CC=C(N(C4=CC=CCC4C)C4C=CC(c5ccc(N(C6=CC(C)CCC6)c6ccc7c(c6)c6ccccc6n7C6=CC=CCC6)cc5)=CC4)CC3C3=C2CCC=C3)C=CC1. The maximum absolute atomic E-state index is 2.72. The fourth-order valence-corrected chi connectivity index (χ4v) is 12.4. The molecule has 0 saturated heterocycles. The van der Waals surface area contributed by atoms with E-state index in [1.165, 1.54) is 103 Å². The van der Waals surface area contributed by atoms with E-state index >= 15 is 0 Å². The highest BCUT2D eigenvalue weighted by Gasteiger charge is 2.41. The smallest absolute Gasteiger partial charge is 0.0554 e. The van der Waals surface area contributed by atoms with Crippen molar-refractivity contribution in [3.8, 4) is 0 Å². The second-order valence-corrected chi connectivity index (χ2v) is 20.3. The topological polar surface area (TPSA) is 14.7 Å². The summed E-state index contributed by atoms with van der Waals surface area (Å²) in [7, 11) is 0. The lowest BCUT2D eigenvalue weighted by atomic mass is 9.85. The largest absolute Gasteiger partial charge is 0.341 e. The molecule has 7 aliphatic carbocycles. The van der Waals surface area contributed by atoms with Crippen molar-refractivity contribution < 1.29 is 0 Å². The van der Waals surface area contributed by atoms with Crippen LogP contribution in [0.1, 0.15) is 97.0 Å². The van der Waals surface area contributed by atoms with Crippen molar-refractivity contribution in [2.45, 2.75) is 97.4 Å². The number of hydrogen-bond acceptors (Lipinski definition) is 3. The van der Waals surface area contributed by atoms with Crippen LogP contribution in [0.3, 0.4) is 0 Å². The van der Waals surface area contributed by atoms with Crippen LogP contribution in [-0.4, -0.2) is 20.4 Å². The molecule has 3 aromatic carbocycles. The zero-order valence-corrected chi connectivity index (χ0v) is 39.6. The van der Waals surface area contributed by atoms with Gasteiger partial charge in [0.15, 0.2) is 0 Å². The average molecular weight is 877 g/mol. The van der Waals surface area contributed by atoms with E-state index in [1.54, 1.807) is 0 Å². The molecule has 67 heavy (non-hydrogen) atoms. The van der Waals surface area contributed by atoms with E-state index in [1.807, 2.05) is 0 Å². The molecular formula is C63H64N4. The zero-order valence-electron chi connectivity index (χ0n) is 39.6. The summed E-state index contributed by atoms with van der Waals surface area (Å²) in [5.41, 5.74) is 19.1. The number of rotatable bonds is 9. The molecule has 4 nitrogen and oxygen atoms in total. The molecule has 4 heteroatoms. The molecule has 0 bridgehead atoms. The second-order valence-electron chi connectivity index (χ2n) is 20.3. The molecule has 1 aliphatic heterocycles. The predicted octanol–water partition coefficient (Wildman–Crippen LogP) is 16.5. The Morgan fingerprint density at radius 2 is 1.51 bits per heavy atom. The van der Waals surface area contributed by atoms with Crippen LogP contribution < -0.4 is 4.90 Å². The Kier molecular flexibility index (Phi) is 11.0. The minimum absolute atomic E-state index is 0.254. The maximum atomic E-state index is 2.72. The summed E-state index contributed by atoms with van der Waals surface area (Å²) >= 11 is 0. The zero-order chi connectivity index (χ0) is 45.0. The molecule has 5 atom stereocenters. The quantitative estimate of drug-likeness (QED) is 0.166. The highest BCUT2D eigenvalue weighted by atomic mass is 15.2. The number of allylic oxidation sites excluding steroid dienone is 22. The van der Waals surface area contributed by atoms with Gasteiger partial charge in [0.2, 0.25) is 0 Å². The number of fused-ring (bicyclic) bond motifs is 5. The third kappa shape index (κ3) is 7.63. The molecule has 0 N–H and O–H groups in total.